The number of aromatic carboxylic acids is 1. The number of carboxylic acids is 1. The molecule has 0 bridgehead atoms. The van der Waals surface area contributed by atoms with Crippen LogP contribution < -0.4 is 10.2 Å². The Morgan fingerprint density at radius 1 is 1.17 bits per heavy atom. The zero-order chi connectivity index (χ0) is 25.0. The first-order chi connectivity index (χ1) is 16.6. The number of hydrogen-bond acceptors (Lipinski definition) is 7. The molecule has 5 rings (SSSR count). The van der Waals surface area contributed by atoms with E-state index in [0.717, 1.165) is 11.3 Å². The van der Waals surface area contributed by atoms with Crippen molar-refractivity contribution in [2.45, 2.75) is 38.3 Å². The number of carbonyl (C=O) groups excluding carboxylic acids is 2. The number of nitrogens with zero attached hydrogens (tertiary/aromatic N) is 3. The SMILES string of the molecule is Cc1[nH]c(C(=O)N[C@@H]2[C@@H]3CN(c4nc(CC(=O)N5CCC(O)CC5)c(C(=O)O)s4)C[C@@H]32)c(Cl)c1Cl. The molecular weight excluding hydrogens is 517 g/mol. The number of thiazole rings is 1. The number of anilines is 1. The number of aliphatic hydroxyl groups excluding tert-OH is 1. The van der Waals surface area contributed by atoms with E-state index in [9.17, 15) is 24.6 Å². The first-order valence-corrected chi connectivity index (χ1v) is 13.0. The zero-order valence-electron chi connectivity index (χ0n) is 18.9. The van der Waals surface area contributed by atoms with Crippen molar-refractivity contribution >= 4 is 57.5 Å². The molecule has 0 aromatic carbocycles. The summed E-state index contributed by atoms with van der Waals surface area (Å²) in [6, 6.07) is 0.00612. The van der Waals surface area contributed by atoms with Crippen LogP contribution in [0.25, 0.3) is 0 Å². The summed E-state index contributed by atoms with van der Waals surface area (Å²) in [6.45, 7) is 3.94. The highest BCUT2D eigenvalue weighted by atomic mass is 35.5. The van der Waals surface area contributed by atoms with Crippen LogP contribution in [0.15, 0.2) is 0 Å². The molecule has 2 saturated heterocycles. The average molecular weight is 542 g/mol. The molecule has 0 spiro atoms. The van der Waals surface area contributed by atoms with Gasteiger partial charge in [0.05, 0.1) is 28.3 Å². The number of amides is 2. The third kappa shape index (κ3) is 4.62. The molecule has 2 aromatic rings. The highest BCUT2D eigenvalue weighted by molar-refractivity contribution is 7.17. The number of carboxylic acid groups (broad SMARTS) is 1. The van der Waals surface area contributed by atoms with Gasteiger partial charge in [-0.3, -0.25) is 9.59 Å². The molecule has 4 heterocycles. The number of aromatic nitrogens is 2. The fourth-order valence-electron chi connectivity index (χ4n) is 4.98. The highest BCUT2D eigenvalue weighted by Gasteiger charge is 2.57. The Morgan fingerprint density at radius 2 is 1.83 bits per heavy atom. The number of aliphatic hydroxyl groups is 1. The molecule has 2 aliphatic heterocycles. The van der Waals surface area contributed by atoms with Gasteiger partial charge in [0.15, 0.2) is 5.13 Å². The monoisotopic (exact) mass is 541 g/mol. The van der Waals surface area contributed by atoms with Crippen LogP contribution in [0.5, 0.6) is 0 Å². The lowest BCUT2D eigenvalue weighted by Gasteiger charge is -2.29. The van der Waals surface area contributed by atoms with Crippen LogP contribution in [0.2, 0.25) is 10.0 Å². The number of aryl methyl sites for hydroxylation is 1. The van der Waals surface area contributed by atoms with E-state index in [-0.39, 0.29) is 57.4 Å². The van der Waals surface area contributed by atoms with Gasteiger partial charge in [-0.05, 0) is 19.8 Å². The van der Waals surface area contributed by atoms with Crippen molar-refractivity contribution in [1.29, 1.82) is 0 Å². The second kappa shape index (κ2) is 9.27. The number of likely N-dealkylation sites (tertiary alicyclic amines) is 1. The molecule has 188 valence electrons. The smallest absolute Gasteiger partial charge is 0.347 e. The molecular formula is C22H25Cl2N5O5S. The first kappa shape index (κ1) is 24.4. The molecule has 3 aliphatic rings. The molecule has 3 fully saturated rings. The van der Waals surface area contributed by atoms with Crippen molar-refractivity contribution in [3.05, 3.63) is 32.0 Å². The summed E-state index contributed by atoms with van der Waals surface area (Å²) in [4.78, 5) is 48.3. The summed E-state index contributed by atoms with van der Waals surface area (Å²) in [6.07, 6.45) is 0.580. The minimum Gasteiger partial charge on any atom is -0.477 e. The maximum atomic E-state index is 12.7. The number of hydrogen-bond donors (Lipinski definition) is 4. The van der Waals surface area contributed by atoms with Gasteiger partial charge in [-0.1, -0.05) is 34.5 Å². The number of nitrogens with one attached hydrogen (secondary N) is 2. The number of aromatic amines is 1. The fraction of sp³-hybridized carbons (Fsp3) is 0.545. The normalized spacial score (nSPS) is 23.9. The van der Waals surface area contributed by atoms with E-state index in [1.54, 1.807) is 11.8 Å². The van der Waals surface area contributed by atoms with E-state index in [1.165, 1.54) is 0 Å². The van der Waals surface area contributed by atoms with Gasteiger partial charge in [-0.25, -0.2) is 9.78 Å². The minimum absolute atomic E-state index is 0.00612. The van der Waals surface area contributed by atoms with Crippen LogP contribution >= 0.6 is 34.5 Å². The lowest BCUT2D eigenvalue weighted by atomic mass is 10.1. The van der Waals surface area contributed by atoms with Crippen LogP contribution in [0, 0.1) is 18.8 Å². The van der Waals surface area contributed by atoms with Gasteiger partial charge in [-0.2, -0.15) is 0 Å². The van der Waals surface area contributed by atoms with Crippen molar-refractivity contribution in [2.75, 3.05) is 31.1 Å². The molecule has 2 amide bonds. The number of carbonyl (C=O) groups is 3. The quantitative estimate of drug-likeness (QED) is 0.439. The van der Waals surface area contributed by atoms with Crippen LogP contribution in [0.3, 0.4) is 0 Å². The van der Waals surface area contributed by atoms with Crippen LogP contribution in [0.1, 0.15) is 44.4 Å². The molecule has 13 heteroatoms. The van der Waals surface area contributed by atoms with E-state index < -0.39 is 12.1 Å². The van der Waals surface area contributed by atoms with Gasteiger partial charge < -0.3 is 30.3 Å². The van der Waals surface area contributed by atoms with E-state index in [4.69, 9.17) is 23.2 Å². The maximum Gasteiger partial charge on any atom is 0.347 e. The average Bonchev–Trinajstić information content (AvgIpc) is 3.19. The standard InChI is InChI=1S/C22H25Cl2N5O5S/c1-9-15(23)16(24)18(25-9)20(32)27-17-11-7-29(8-12(11)17)22-26-13(19(35-22)21(33)34)6-14(31)28-4-2-10(30)3-5-28/h10-12,17,25,30H,2-8H2,1H3,(H,27,32)(H,33,34)/t11-,12+,17-. The topological polar surface area (TPSA) is 139 Å². The van der Waals surface area contributed by atoms with Gasteiger partial charge in [-0.15, -0.1) is 0 Å². The lowest BCUT2D eigenvalue weighted by molar-refractivity contribution is -0.132. The Labute approximate surface area is 215 Å². The number of piperidine rings is 2. The highest BCUT2D eigenvalue weighted by Crippen LogP contribution is 2.48. The molecule has 1 aliphatic carbocycles. The molecule has 4 N–H and O–H groups in total. The summed E-state index contributed by atoms with van der Waals surface area (Å²) in [5, 5.41) is 23.4. The number of H-pyrrole nitrogens is 1. The predicted octanol–water partition coefficient (Wildman–Crippen LogP) is 2.18. The molecule has 10 nitrogen and oxygen atoms in total. The fourth-order valence-corrected chi connectivity index (χ4v) is 6.34. The zero-order valence-corrected chi connectivity index (χ0v) is 21.2. The number of fused-ring (bicyclic) bond motifs is 1. The van der Waals surface area contributed by atoms with Crippen molar-refractivity contribution in [2.24, 2.45) is 11.8 Å². The second-order valence-electron chi connectivity index (χ2n) is 9.35. The molecule has 2 aromatic heterocycles. The van der Waals surface area contributed by atoms with Crippen molar-refractivity contribution in [3.63, 3.8) is 0 Å². The molecule has 1 saturated carbocycles. The van der Waals surface area contributed by atoms with Crippen molar-refractivity contribution in [3.8, 4) is 0 Å². The Morgan fingerprint density at radius 3 is 2.40 bits per heavy atom. The van der Waals surface area contributed by atoms with Crippen LogP contribution in [0.4, 0.5) is 5.13 Å². The molecule has 0 unspecified atom stereocenters. The van der Waals surface area contributed by atoms with Gasteiger partial charge in [0.2, 0.25) is 5.91 Å². The lowest BCUT2D eigenvalue weighted by Crippen LogP contribution is -2.41. The number of halogens is 2. The van der Waals surface area contributed by atoms with Gasteiger partial charge in [0.1, 0.15) is 10.6 Å². The van der Waals surface area contributed by atoms with Crippen molar-refractivity contribution < 1.29 is 24.6 Å². The second-order valence-corrected chi connectivity index (χ2v) is 11.1. The van der Waals surface area contributed by atoms with E-state index in [0.29, 0.717) is 54.9 Å². The predicted molar refractivity (Wildman–Crippen MR) is 131 cm³/mol. The molecule has 35 heavy (non-hydrogen) atoms. The third-order valence-corrected chi connectivity index (χ3v) is 9.15. The summed E-state index contributed by atoms with van der Waals surface area (Å²) in [5.41, 5.74) is 1.15. The summed E-state index contributed by atoms with van der Waals surface area (Å²) >= 11 is 13.3. The Balaban J connectivity index is 1.21. The molecule has 0 radical (unpaired) electrons. The Hall–Kier alpha value is -2.34. The van der Waals surface area contributed by atoms with Crippen molar-refractivity contribution in [1.82, 2.24) is 20.2 Å². The largest absolute Gasteiger partial charge is 0.477 e. The summed E-state index contributed by atoms with van der Waals surface area (Å²) < 4.78 is 0. The Bertz CT molecular complexity index is 1180. The van der Waals surface area contributed by atoms with E-state index >= 15 is 0 Å². The maximum absolute atomic E-state index is 12.7. The Kier molecular flexibility index (Phi) is 6.45. The minimum atomic E-state index is -1.10. The van der Waals surface area contributed by atoms with Gasteiger partial charge in [0, 0.05) is 49.8 Å². The summed E-state index contributed by atoms with van der Waals surface area (Å²) in [5.74, 6) is -1.12. The van der Waals surface area contributed by atoms with Crippen LogP contribution in [-0.2, 0) is 11.2 Å². The van der Waals surface area contributed by atoms with E-state index in [2.05, 4.69) is 15.3 Å². The van der Waals surface area contributed by atoms with Crippen LogP contribution in [-0.4, -0.2) is 81.2 Å². The summed E-state index contributed by atoms with van der Waals surface area (Å²) in [7, 11) is 0. The third-order valence-electron chi connectivity index (χ3n) is 7.06. The number of rotatable bonds is 6. The first-order valence-electron chi connectivity index (χ1n) is 11.4. The van der Waals surface area contributed by atoms with Gasteiger partial charge in [0.25, 0.3) is 5.91 Å². The van der Waals surface area contributed by atoms with E-state index in [1.807, 2.05) is 4.90 Å². The molecule has 3 atom stereocenters. The van der Waals surface area contributed by atoms with Gasteiger partial charge >= 0.3 is 5.97 Å².